The van der Waals surface area contributed by atoms with Crippen LogP contribution in [0, 0.1) is 0 Å². The number of nitrogens with one attached hydrogen (secondary N) is 4. The summed E-state index contributed by atoms with van der Waals surface area (Å²) in [7, 11) is 0. The van der Waals surface area contributed by atoms with Crippen molar-refractivity contribution >= 4 is 23.6 Å². The van der Waals surface area contributed by atoms with Crippen LogP contribution in [0.3, 0.4) is 0 Å². The molecule has 0 saturated carbocycles. The summed E-state index contributed by atoms with van der Waals surface area (Å²) in [6, 6.07) is 28.7. The molecule has 13 heteroatoms. The van der Waals surface area contributed by atoms with Gasteiger partial charge in [0.25, 0.3) is 0 Å². The number of hydrogen-bond acceptors (Lipinski definition) is 7. The quantitative estimate of drug-likeness (QED) is 0.115. The topological polar surface area (TPSA) is 169 Å². The number of carbonyl (C=O) groups is 4. The molecule has 8 rings (SSSR count). The predicted molar refractivity (Wildman–Crippen MR) is 218 cm³/mol. The number of aromatic nitrogens is 5. The lowest BCUT2D eigenvalue weighted by atomic mass is 10.0. The Bertz CT molecular complexity index is 2220. The highest BCUT2D eigenvalue weighted by Gasteiger charge is 2.38. The molecule has 0 aliphatic carbocycles. The number of benzene rings is 3. The first-order valence-electron chi connectivity index (χ1n) is 19.7. The van der Waals surface area contributed by atoms with Gasteiger partial charge in [0, 0.05) is 44.3 Å². The first-order valence-corrected chi connectivity index (χ1v) is 19.7. The van der Waals surface area contributed by atoms with Gasteiger partial charge in [-0.15, -0.1) is 0 Å². The SMILES string of the molecule is CC(=O)N[C@H](C(=O)N1CCC[C@H]1c1ncc(-c2ccc(-c3ccc(-c4cnc([C@@H]5CCCN5C(=O)[C@H](NC(C)=O)c5ccccc5)[nH]4)cc3)nc2)[nH]1)c1ccccc1. The largest absolute Gasteiger partial charge is 0.341 e. The number of nitrogens with zero attached hydrogens (tertiary/aromatic N) is 5. The maximum atomic E-state index is 13.8. The van der Waals surface area contributed by atoms with Crippen molar-refractivity contribution in [3.63, 3.8) is 0 Å². The van der Waals surface area contributed by atoms with Gasteiger partial charge in [0.1, 0.15) is 23.7 Å². The van der Waals surface area contributed by atoms with E-state index in [1.54, 1.807) is 12.4 Å². The average molecular weight is 776 g/mol. The molecule has 2 aliphatic rings. The van der Waals surface area contributed by atoms with Crippen LogP contribution >= 0.6 is 0 Å². The molecule has 0 spiro atoms. The zero-order valence-corrected chi connectivity index (χ0v) is 32.4. The number of aromatic amines is 2. The van der Waals surface area contributed by atoms with E-state index >= 15 is 0 Å². The van der Waals surface area contributed by atoms with Gasteiger partial charge in [-0.3, -0.25) is 24.2 Å². The fourth-order valence-corrected chi connectivity index (χ4v) is 8.08. The van der Waals surface area contributed by atoms with Crippen molar-refractivity contribution in [3.8, 4) is 33.8 Å². The van der Waals surface area contributed by atoms with Crippen molar-refractivity contribution < 1.29 is 19.2 Å². The molecule has 58 heavy (non-hydrogen) atoms. The number of imidazole rings is 2. The fraction of sp³-hybridized carbons (Fsp3) is 0.267. The van der Waals surface area contributed by atoms with Gasteiger partial charge in [0.05, 0.1) is 41.6 Å². The minimum Gasteiger partial charge on any atom is -0.341 e. The first kappa shape index (κ1) is 38.0. The highest BCUT2D eigenvalue weighted by molar-refractivity contribution is 5.89. The molecule has 6 aromatic rings. The number of H-pyrrole nitrogens is 2. The van der Waals surface area contributed by atoms with Gasteiger partial charge in [-0.1, -0.05) is 84.9 Å². The maximum absolute atomic E-state index is 13.8. The molecule has 3 aromatic carbocycles. The third-order valence-corrected chi connectivity index (χ3v) is 10.9. The van der Waals surface area contributed by atoms with Gasteiger partial charge in [0.2, 0.25) is 23.6 Å². The molecule has 0 unspecified atom stereocenters. The highest BCUT2D eigenvalue weighted by atomic mass is 16.2. The second kappa shape index (κ2) is 16.7. The summed E-state index contributed by atoms with van der Waals surface area (Å²) in [6.45, 7) is 4.01. The Morgan fingerprint density at radius 3 is 1.47 bits per heavy atom. The minimum atomic E-state index is -0.770. The van der Waals surface area contributed by atoms with E-state index in [1.165, 1.54) is 13.8 Å². The molecule has 0 bridgehead atoms. The second-order valence-corrected chi connectivity index (χ2v) is 14.8. The number of carbonyl (C=O) groups excluding carboxylic acids is 4. The van der Waals surface area contributed by atoms with E-state index in [2.05, 4.69) is 25.6 Å². The van der Waals surface area contributed by atoms with Crippen molar-refractivity contribution in [1.82, 2.24) is 45.4 Å². The van der Waals surface area contributed by atoms with Crippen LogP contribution in [-0.4, -0.2) is 71.4 Å². The van der Waals surface area contributed by atoms with Crippen LogP contribution in [0.1, 0.15) is 86.5 Å². The van der Waals surface area contributed by atoms with Crippen LogP contribution in [0.4, 0.5) is 0 Å². The van der Waals surface area contributed by atoms with E-state index in [1.807, 2.05) is 113 Å². The Hall–Kier alpha value is -6.89. The van der Waals surface area contributed by atoms with Crippen molar-refractivity contribution in [2.45, 2.75) is 63.7 Å². The highest BCUT2D eigenvalue weighted by Crippen LogP contribution is 2.36. The molecule has 2 fully saturated rings. The molecule has 0 radical (unpaired) electrons. The summed E-state index contributed by atoms with van der Waals surface area (Å²) in [6.07, 6.45) is 8.59. The number of pyridine rings is 1. The van der Waals surface area contributed by atoms with Gasteiger partial charge in [-0.2, -0.15) is 0 Å². The molecule has 3 aromatic heterocycles. The lowest BCUT2D eigenvalue weighted by molar-refractivity contribution is -0.137. The molecule has 2 aliphatic heterocycles. The standard InChI is InChI=1S/C45H45N9O4/c1-28(55)49-40(32-11-5-3-6-12-32)44(57)53-23-9-15-38(53)42-47-26-36(51-42)31-19-17-30(18-20-31)35-22-21-34(25-46-35)37-27-48-43(52-37)39-16-10-24-54(39)45(58)41(50-29(2)56)33-13-7-4-8-14-33/h3-8,11-14,17-22,25-27,38-41H,9-10,15-16,23-24H2,1-2H3,(H,47,51)(H,48,52)(H,49,55)(H,50,56)/t38-,39-,40+,41-/m0/s1. The van der Waals surface area contributed by atoms with E-state index < -0.39 is 12.1 Å². The van der Waals surface area contributed by atoms with Crippen LogP contribution in [-0.2, 0) is 19.2 Å². The molecule has 4 N–H and O–H groups in total. The van der Waals surface area contributed by atoms with Crippen LogP contribution in [0.5, 0.6) is 0 Å². The zero-order chi connectivity index (χ0) is 40.2. The summed E-state index contributed by atoms with van der Waals surface area (Å²) in [5, 5.41) is 5.68. The van der Waals surface area contributed by atoms with Crippen molar-refractivity contribution in [3.05, 3.63) is 138 Å². The van der Waals surface area contributed by atoms with Gasteiger partial charge in [0.15, 0.2) is 0 Å². The summed E-state index contributed by atoms with van der Waals surface area (Å²) in [5.74, 6) is 0.579. The fourth-order valence-electron chi connectivity index (χ4n) is 8.08. The Morgan fingerprint density at radius 1 is 0.569 bits per heavy atom. The molecule has 4 amide bonds. The van der Waals surface area contributed by atoms with Gasteiger partial charge >= 0.3 is 0 Å². The number of hydrogen-bond donors (Lipinski definition) is 4. The number of amides is 4. The third kappa shape index (κ3) is 8.01. The average Bonchev–Trinajstić information content (AvgIpc) is 4.09. The summed E-state index contributed by atoms with van der Waals surface area (Å²) < 4.78 is 0. The van der Waals surface area contributed by atoms with Crippen LogP contribution in [0.2, 0.25) is 0 Å². The zero-order valence-electron chi connectivity index (χ0n) is 32.4. The van der Waals surface area contributed by atoms with Crippen molar-refractivity contribution in [1.29, 1.82) is 0 Å². The van der Waals surface area contributed by atoms with Crippen LogP contribution < -0.4 is 10.6 Å². The van der Waals surface area contributed by atoms with E-state index in [-0.39, 0.29) is 35.7 Å². The molecule has 13 nitrogen and oxygen atoms in total. The van der Waals surface area contributed by atoms with Gasteiger partial charge < -0.3 is 30.4 Å². The lowest BCUT2D eigenvalue weighted by Crippen LogP contribution is -2.42. The first-order chi connectivity index (χ1) is 28.2. The number of likely N-dealkylation sites (tertiary alicyclic amines) is 2. The summed E-state index contributed by atoms with van der Waals surface area (Å²) in [5.41, 5.74) is 6.70. The number of rotatable bonds is 11. The Morgan fingerprint density at radius 2 is 1.02 bits per heavy atom. The molecule has 294 valence electrons. The van der Waals surface area contributed by atoms with E-state index in [0.717, 1.165) is 70.6 Å². The Labute approximate surface area is 336 Å². The van der Waals surface area contributed by atoms with Crippen LogP contribution in [0.15, 0.2) is 116 Å². The van der Waals surface area contributed by atoms with Crippen LogP contribution in [0.25, 0.3) is 33.8 Å². The van der Waals surface area contributed by atoms with Gasteiger partial charge in [-0.05, 0) is 54.5 Å². The molecule has 4 atom stereocenters. The smallest absolute Gasteiger partial charge is 0.250 e. The minimum absolute atomic E-state index is 0.151. The van der Waals surface area contributed by atoms with E-state index in [4.69, 9.17) is 9.97 Å². The monoisotopic (exact) mass is 775 g/mol. The predicted octanol–water partition coefficient (Wildman–Crippen LogP) is 6.61. The van der Waals surface area contributed by atoms with Crippen molar-refractivity contribution in [2.75, 3.05) is 13.1 Å². The molecule has 2 saturated heterocycles. The van der Waals surface area contributed by atoms with Gasteiger partial charge in [-0.25, -0.2) is 9.97 Å². The Kier molecular flexibility index (Phi) is 10.9. The normalized spacial score (nSPS) is 17.5. The lowest BCUT2D eigenvalue weighted by Gasteiger charge is -2.28. The van der Waals surface area contributed by atoms with E-state index in [0.29, 0.717) is 24.7 Å². The molecular weight excluding hydrogens is 731 g/mol. The van der Waals surface area contributed by atoms with E-state index in [9.17, 15) is 19.2 Å². The summed E-state index contributed by atoms with van der Waals surface area (Å²) in [4.78, 5) is 76.4. The summed E-state index contributed by atoms with van der Waals surface area (Å²) >= 11 is 0. The van der Waals surface area contributed by atoms with Crippen molar-refractivity contribution in [2.24, 2.45) is 0 Å². The third-order valence-electron chi connectivity index (χ3n) is 10.9. The Balaban J connectivity index is 0.929. The molecule has 5 heterocycles. The maximum Gasteiger partial charge on any atom is 0.250 e. The second-order valence-electron chi connectivity index (χ2n) is 14.8. The molecular formula is C45H45N9O4.